The van der Waals surface area contributed by atoms with Crippen molar-refractivity contribution in [2.24, 2.45) is 0 Å². The Morgan fingerprint density at radius 1 is 1.28 bits per heavy atom. The second kappa shape index (κ2) is 6.26. The van der Waals surface area contributed by atoms with Gasteiger partial charge in [-0.15, -0.1) is 10.2 Å². The van der Waals surface area contributed by atoms with Crippen molar-refractivity contribution in [3.8, 4) is 10.6 Å². The van der Waals surface area contributed by atoms with Gasteiger partial charge in [-0.25, -0.2) is 0 Å². The summed E-state index contributed by atoms with van der Waals surface area (Å²) in [5, 5.41) is 13.2. The molecular weight excluding hydrogens is 246 g/mol. The van der Waals surface area contributed by atoms with E-state index in [9.17, 15) is 4.79 Å². The maximum Gasteiger partial charge on any atom is 0.206 e. The van der Waals surface area contributed by atoms with Crippen molar-refractivity contribution >= 4 is 22.8 Å². The van der Waals surface area contributed by atoms with Gasteiger partial charge in [-0.3, -0.25) is 4.79 Å². The Bertz CT molecular complexity index is 507. The van der Waals surface area contributed by atoms with E-state index in [1.54, 1.807) is 12.1 Å². The van der Waals surface area contributed by atoms with E-state index in [0.29, 0.717) is 5.56 Å². The predicted molar refractivity (Wildman–Crippen MR) is 74.1 cm³/mol. The lowest BCUT2D eigenvalue weighted by Gasteiger charge is -1.98. The highest BCUT2D eigenvalue weighted by molar-refractivity contribution is 7.18. The minimum absolute atomic E-state index is 0.671. The Morgan fingerprint density at radius 3 is 2.72 bits per heavy atom. The summed E-state index contributed by atoms with van der Waals surface area (Å²) in [7, 11) is 0. The molecule has 0 spiro atoms. The molecule has 18 heavy (non-hydrogen) atoms. The van der Waals surface area contributed by atoms with Gasteiger partial charge in [-0.2, -0.15) is 0 Å². The van der Waals surface area contributed by atoms with Crippen molar-refractivity contribution in [3.63, 3.8) is 0 Å². The normalized spacial score (nSPS) is 10.3. The molecule has 2 aromatic rings. The van der Waals surface area contributed by atoms with Crippen LogP contribution in [0, 0.1) is 0 Å². The molecular formula is C13H15N3OS. The number of benzene rings is 1. The molecule has 0 saturated carbocycles. The molecule has 0 saturated heterocycles. The number of aldehydes is 1. The van der Waals surface area contributed by atoms with Crippen LogP contribution in [-0.2, 0) is 0 Å². The van der Waals surface area contributed by atoms with Crippen LogP contribution in [0.4, 0.5) is 5.13 Å². The van der Waals surface area contributed by atoms with Gasteiger partial charge in [0.25, 0.3) is 0 Å². The molecule has 0 aliphatic carbocycles. The second-order valence-corrected chi connectivity index (χ2v) is 4.91. The number of carbonyl (C=O) groups is 1. The zero-order valence-electron chi connectivity index (χ0n) is 10.2. The first-order chi connectivity index (χ1) is 8.83. The molecule has 0 fully saturated rings. The lowest BCUT2D eigenvalue weighted by molar-refractivity contribution is 0.112. The third kappa shape index (κ3) is 3.13. The first-order valence-electron chi connectivity index (χ1n) is 5.96. The first kappa shape index (κ1) is 12.7. The number of aromatic nitrogens is 2. The largest absolute Gasteiger partial charge is 0.360 e. The van der Waals surface area contributed by atoms with Crippen molar-refractivity contribution in [1.29, 1.82) is 0 Å². The van der Waals surface area contributed by atoms with Crippen LogP contribution in [0.15, 0.2) is 24.3 Å². The van der Waals surface area contributed by atoms with Crippen LogP contribution >= 0.6 is 11.3 Å². The fourth-order valence-corrected chi connectivity index (χ4v) is 2.26. The van der Waals surface area contributed by atoms with Crippen LogP contribution in [0.2, 0.25) is 0 Å². The minimum atomic E-state index is 0.671. The fourth-order valence-electron chi connectivity index (χ4n) is 1.49. The molecule has 0 aliphatic heterocycles. The molecule has 2 rings (SSSR count). The van der Waals surface area contributed by atoms with Gasteiger partial charge in [0, 0.05) is 17.7 Å². The molecule has 0 radical (unpaired) electrons. The maximum atomic E-state index is 10.6. The molecule has 1 aromatic heterocycles. The quantitative estimate of drug-likeness (QED) is 0.640. The number of carbonyl (C=O) groups excluding carboxylic acids is 1. The Balaban J connectivity index is 2.06. The molecule has 0 bridgehead atoms. The minimum Gasteiger partial charge on any atom is -0.360 e. The van der Waals surface area contributed by atoms with E-state index >= 15 is 0 Å². The third-order valence-corrected chi connectivity index (χ3v) is 3.46. The van der Waals surface area contributed by atoms with Crippen LogP contribution in [-0.4, -0.2) is 23.0 Å². The van der Waals surface area contributed by atoms with Gasteiger partial charge in [0.1, 0.15) is 11.3 Å². The summed E-state index contributed by atoms with van der Waals surface area (Å²) < 4.78 is 0. The molecule has 0 amide bonds. The summed E-state index contributed by atoms with van der Waals surface area (Å²) in [6, 6.07) is 7.35. The Morgan fingerprint density at radius 2 is 2.06 bits per heavy atom. The summed E-state index contributed by atoms with van der Waals surface area (Å²) in [5.41, 5.74) is 1.66. The molecule has 0 aliphatic rings. The van der Waals surface area contributed by atoms with Crippen molar-refractivity contribution < 1.29 is 4.79 Å². The van der Waals surface area contributed by atoms with E-state index in [4.69, 9.17) is 0 Å². The summed E-state index contributed by atoms with van der Waals surface area (Å²) >= 11 is 1.53. The monoisotopic (exact) mass is 261 g/mol. The molecule has 1 N–H and O–H groups in total. The van der Waals surface area contributed by atoms with E-state index in [-0.39, 0.29) is 0 Å². The average molecular weight is 261 g/mol. The molecule has 1 heterocycles. The van der Waals surface area contributed by atoms with Crippen molar-refractivity contribution in [1.82, 2.24) is 10.2 Å². The van der Waals surface area contributed by atoms with Gasteiger partial charge in [-0.1, -0.05) is 48.9 Å². The number of rotatable bonds is 6. The molecule has 0 atom stereocenters. The standard InChI is InChI=1S/C13H15N3OS/c1-2-3-8-14-13-16-15-12(18-13)11-6-4-10(9-17)5-7-11/h4-7,9H,2-3,8H2,1H3,(H,14,16). The van der Waals surface area contributed by atoms with Crippen LogP contribution in [0.1, 0.15) is 30.1 Å². The molecule has 1 aromatic carbocycles. The zero-order valence-corrected chi connectivity index (χ0v) is 11.0. The van der Waals surface area contributed by atoms with E-state index in [1.807, 2.05) is 12.1 Å². The summed E-state index contributed by atoms with van der Waals surface area (Å²) in [4.78, 5) is 10.6. The fraction of sp³-hybridized carbons (Fsp3) is 0.308. The van der Waals surface area contributed by atoms with E-state index < -0.39 is 0 Å². The highest BCUT2D eigenvalue weighted by atomic mass is 32.1. The zero-order chi connectivity index (χ0) is 12.8. The number of unbranched alkanes of at least 4 members (excludes halogenated alkanes) is 1. The Hall–Kier alpha value is -1.75. The lowest BCUT2D eigenvalue weighted by Crippen LogP contribution is -1.99. The Kier molecular flexibility index (Phi) is 4.41. The number of anilines is 1. The molecule has 0 unspecified atom stereocenters. The van der Waals surface area contributed by atoms with Crippen LogP contribution in [0.3, 0.4) is 0 Å². The van der Waals surface area contributed by atoms with Crippen molar-refractivity contribution in [2.75, 3.05) is 11.9 Å². The van der Waals surface area contributed by atoms with Crippen LogP contribution in [0.25, 0.3) is 10.6 Å². The van der Waals surface area contributed by atoms with Gasteiger partial charge in [0.2, 0.25) is 5.13 Å². The van der Waals surface area contributed by atoms with Crippen LogP contribution in [0.5, 0.6) is 0 Å². The van der Waals surface area contributed by atoms with Gasteiger partial charge in [0.05, 0.1) is 0 Å². The number of nitrogens with zero attached hydrogens (tertiary/aromatic N) is 2. The smallest absolute Gasteiger partial charge is 0.206 e. The van der Waals surface area contributed by atoms with Gasteiger partial charge in [0.15, 0.2) is 0 Å². The van der Waals surface area contributed by atoms with Crippen molar-refractivity contribution in [3.05, 3.63) is 29.8 Å². The summed E-state index contributed by atoms with van der Waals surface area (Å²) in [5.74, 6) is 0. The molecule has 5 heteroatoms. The number of hydrogen-bond acceptors (Lipinski definition) is 5. The number of hydrogen-bond donors (Lipinski definition) is 1. The van der Waals surface area contributed by atoms with E-state index in [2.05, 4.69) is 22.4 Å². The van der Waals surface area contributed by atoms with E-state index in [0.717, 1.165) is 41.4 Å². The second-order valence-electron chi connectivity index (χ2n) is 3.93. The lowest BCUT2D eigenvalue weighted by atomic mass is 10.2. The van der Waals surface area contributed by atoms with Gasteiger partial charge in [-0.05, 0) is 6.42 Å². The molecule has 4 nitrogen and oxygen atoms in total. The SMILES string of the molecule is CCCCNc1nnc(-c2ccc(C=O)cc2)s1. The topological polar surface area (TPSA) is 54.9 Å². The average Bonchev–Trinajstić information content (AvgIpc) is 2.88. The third-order valence-electron chi connectivity index (χ3n) is 2.53. The molecule has 94 valence electrons. The summed E-state index contributed by atoms with van der Waals surface area (Å²) in [6.07, 6.45) is 3.12. The van der Waals surface area contributed by atoms with Gasteiger partial charge >= 0.3 is 0 Å². The first-order valence-corrected chi connectivity index (χ1v) is 6.78. The van der Waals surface area contributed by atoms with Crippen LogP contribution < -0.4 is 5.32 Å². The summed E-state index contributed by atoms with van der Waals surface area (Å²) in [6.45, 7) is 3.08. The highest BCUT2D eigenvalue weighted by Gasteiger charge is 2.05. The highest BCUT2D eigenvalue weighted by Crippen LogP contribution is 2.26. The number of nitrogens with one attached hydrogen (secondary N) is 1. The maximum absolute atomic E-state index is 10.6. The van der Waals surface area contributed by atoms with Crippen molar-refractivity contribution in [2.45, 2.75) is 19.8 Å². The van der Waals surface area contributed by atoms with E-state index in [1.165, 1.54) is 11.3 Å². The predicted octanol–water partition coefficient (Wildman–Crippen LogP) is 3.23. The Labute approximate surface area is 110 Å². The van der Waals surface area contributed by atoms with Gasteiger partial charge < -0.3 is 5.32 Å².